The van der Waals surface area contributed by atoms with E-state index in [1.807, 2.05) is 13.8 Å². The Labute approximate surface area is 95.0 Å². The molecule has 0 atom stereocenters. The fraction of sp³-hybridized carbons (Fsp3) is 0.455. The third kappa shape index (κ3) is 2.24. The Kier molecular flexibility index (Phi) is 4.10. The molecule has 0 N–H and O–H groups in total. The molecule has 0 aliphatic carbocycles. The highest BCUT2D eigenvalue weighted by Crippen LogP contribution is 2.30. The SMILES string of the molecule is CC.COc1cc2nn(C)nc2cc1OC. The van der Waals surface area contributed by atoms with Crippen LogP contribution in [0.3, 0.4) is 0 Å². The molecule has 0 aliphatic rings. The minimum absolute atomic E-state index is 0.667. The van der Waals surface area contributed by atoms with Crippen molar-refractivity contribution in [2.45, 2.75) is 13.8 Å². The molecule has 0 unspecified atom stereocenters. The molecular weight excluding hydrogens is 206 g/mol. The van der Waals surface area contributed by atoms with Gasteiger partial charge in [0.15, 0.2) is 11.5 Å². The number of aromatic nitrogens is 3. The van der Waals surface area contributed by atoms with Crippen LogP contribution in [0, 0.1) is 0 Å². The molecule has 0 saturated heterocycles. The van der Waals surface area contributed by atoms with Crippen LogP contribution in [0.25, 0.3) is 11.0 Å². The van der Waals surface area contributed by atoms with Crippen molar-refractivity contribution in [3.8, 4) is 11.5 Å². The summed E-state index contributed by atoms with van der Waals surface area (Å²) in [4.78, 5) is 1.52. The van der Waals surface area contributed by atoms with Crippen LogP contribution < -0.4 is 9.47 Å². The number of fused-ring (bicyclic) bond motifs is 1. The van der Waals surface area contributed by atoms with Gasteiger partial charge in [0.2, 0.25) is 0 Å². The summed E-state index contributed by atoms with van der Waals surface area (Å²) in [5.74, 6) is 1.33. The van der Waals surface area contributed by atoms with Gasteiger partial charge in [0, 0.05) is 19.2 Å². The molecule has 1 heterocycles. The van der Waals surface area contributed by atoms with Gasteiger partial charge >= 0.3 is 0 Å². The summed E-state index contributed by atoms with van der Waals surface area (Å²) < 4.78 is 10.3. The molecule has 88 valence electrons. The van der Waals surface area contributed by atoms with Crippen molar-refractivity contribution in [3.63, 3.8) is 0 Å². The van der Waals surface area contributed by atoms with Gasteiger partial charge in [-0.15, -0.1) is 0 Å². The summed E-state index contributed by atoms with van der Waals surface area (Å²) in [6.07, 6.45) is 0. The van der Waals surface area contributed by atoms with Gasteiger partial charge in [-0.3, -0.25) is 0 Å². The third-order valence-electron chi connectivity index (χ3n) is 1.99. The Morgan fingerprint density at radius 1 is 0.938 bits per heavy atom. The standard InChI is InChI=1S/C9H11N3O2.C2H6/c1-12-10-6-4-8(13-2)9(14-3)5-7(6)11-12;1-2/h4-5H,1-3H3;1-2H3. The van der Waals surface area contributed by atoms with Gasteiger partial charge < -0.3 is 9.47 Å². The predicted octanol–water partition coefficient (Wildman–Crippen LogP) is 2.01. The predicted molar refractivity (Wildman–Crippen MR) is 63.0 cm³/mol. The van der Waals surface area contributed by atoms with Crippen LogP contribution in [-0.2, 0) is 7.05 Å². The maximum absolute atomic E-state index is 5.15. The molecule has 0 amide bonds. The largest absolute Gasteiger partial charge is 0.493 e. The van der Waals surface area contributed by atoms with E-state index in [2.05, 4.69) is 10.2 Å². The van der Waals surface area contributed by atoms with Crippen molar-refractivity contribution in [1.82, 2.24) is 15.0 Å². The van der Waals surface area contributed by atoms with Crippen molar-refractivity contribution in [2.24, 2.45) is 7.05 Å². The van der Waals surface area contributed by atoms with Gasteiger partial charge in [0.05, 0.1) is 14.2 Å². The molecule has 16 heavy (non-hydrogen) atoms. The number of benzene rings is 1. The van der Waals surface area contributed by atoms with Crippen LogP contribution in [0.1, 0.15) is 13.8 Å². The van der Waals surface area contributed by atoms with E-state index >= 15 is 0 Å². The van der Waals surface area contributed by atoms with E-state index in [-0.39, 0.29) is 0 Å². The van der Waals surface area contributed by atoms with E-state index in [0.717, 1.165) is 11.0 Å². The van der Waals surface area contributed by atoms with Crippen LogP contribution in [-0.4, -0.2) is 29.2 Å². The molecule has 1 aromatic carbocycles. The monoisotopic (exact) mass is 223 g/mol. The number of ether oxygens (including phenoxy) is 2. The number of hydrogen-bond donors (Lipinski definition) is 0. The average Bonchev–Trinajstić information content (AvgIpc) is 2.68. The van der Waals surface area contributed by atoms with E-state index in [1.165, 1.54) is 4.80 Å². The summed E-state index contributed by atoms with van der Waals surface area (Å²) in [6.45, 7) is 4.00. The third-order valence-corrected chi connectivity index (χ3v) is 1.99. The van der Waals surface area contributed by atoms with Crippen LogP contribution in [0.4, 0.5) is 0 Å². The first kappa shape index (κ1) is 12.3. The molecule has 5 nitrogen and oxygen atoms in total. The molecule has 0 radical (unpaired) electrons. The maximum Gasteiger partial charge on any atom is 0.163 e. The van der Waals surface area contributed by atoms with Gasteiger partial charge in [-0.25, -0.2) is 0 Å². The van der Waals surface area contributed by atoms with Crippen molar-refractivity contribution >= 4 is 11.0 Å². The molecule has 0 saturated carbocycles. The second kappa shape index (κ2) is 5.34. The second-order valence-electron chi connectivity index (χ2n) is 2.89. The zero-order chi connectivity index (χ0) is 12.1. The lowest BCUT2D eigenvalue weighted by Crippen LogP contribution is -1.90. The lowest BCUT2D eigenvalue weighted by atomic mass is 10.3. The number of aryl methyl sites for hydroxylation is 1. The highest BCUT2D eigenvalue weighted by Gasteiger charge is 2.08. The molecule has 5 heteroatoms. The number of methoxy groups -OCH3 is 2. The van der Waals surface area contributed by atoms with Crippen molar-refractivity contribution in [2.75, 3.05) is 14.2 Å². The average molecular weight is 223 g/mol. The zero-order valence-corrected chi connectivity index (χ0v) is 10.3. The Morgan fingerprint density at radius 3 is 1.62 bits per heavy atom. The first-order chi connectivity index (χ1) is 7.74. The van der Waals surface area contributed by atoms with Crippen molar-refractivity contribution in [1.29, 1.82) is 0 Å². The molecule has 1 aromatic heterocycles. The summed E-state index contributed by atoms with van der Waals surface area (Å²) in [6, 6.07) is 3.61. The topological polar surface area (TPSA) is 49.2 Å². The van der Waals surface area contributed by atoms with E-state index < -0.39 is 0 Å². The molecule has 0 spiro atoms. The van der Waals surface area contributed by atoms with E-state index in [1.54, 1.807) is 33.4 Å². The Balaban J connectivity index is 0.000000606. The van der Waals surface area contributed by atoms with Gasteiger partial charge in [-0.1, -0.05) is 13.8 Å². The van der Waals surface area contributed by atoms with Crippen LogP contribution >= 0.6 is 0 Å². The molecule has 0 aliphatic heterocycles. The zero-order valence-electron chi connectivity index (χ0n) is 10.3. The van der Waals surface area contributed by atoms with Crippen LogP contribution in [0.5, 0.6) is 11.5 Å². The summed E-state index contributed by atoms with van der Waals surface area (Å²) >= 11 is 0. The quantitative estimate of drug-likeness (QED) is 0.781. The lowest BCUT2D eigenvalue weighted by molar-refractivity contribution is 0.356. The number of hydrogen-bond acceptors (Lipinski definition) is 4. The minimum atomic E-state index is 0.667. The summed E-state index contributed by atoms with van der Waals surface area (Å²) in [7, 11) is 4.97. The van der Waals surface area contributed by atoms with Crippen LogP contribution in [0.2, 0.25) is 0 Å². The molecule has 0 fully saturated rings. The maximum atomic E-state index is 5.15. The first-order valence-corrected chi connectivity index (χ1v) is 5.17. The number of rotatable bonds is 2. The fourth-order valence-electron chi connectivity index (χ4n) is 1.35. The Hall–Kier alpha value is -1.78. The van der Waals surface area contributed by atoms with Crippen molar-refractivity contribution < 1.29 is 9.47 Å². The van der Waals surface area contributed by atoms with E-state index in [9.17, 15) is 0 Å². The lowest BCUT2D eigenvalue weighted by Gasteiger charge is -2.05. The summed E-state index contributed by atoms with van der Waals surface area (Å²) in [5, 5.41) is 8.33. The number of nitrogens with zero attached hydrogens (tertiary/aromatic N) is 3. The minimum Gasteiger partial charge on any atom is -0.493 e. The van der Waals surface area contributed by atoms with E-state index in [0.29, 0.717) is 11.5 Å². The van der Waals surface area contributed by atoms with Gasteiger partial charge in [-0.05, 0) is 0 Å². The molecule has 2 aromatic rings. The van der Waals surface area contributed by atoms with Crippen LogP contribution in [0.15, 0.2) is 12.1 Å². The fourth-order valence-corrected chi connectivity index (χ4v) is 1.35. The second-order valence-corrected chi connectivity index (χ2v) is 2.89. The highest BCUT2D eigenvalue weighted by molar-refractivity contribution is 5.78. The van der Waals surface area contributed by atoms with E-state index in [4.69, 9.17) is 9.47 Å². The smallest absolute Gasteiger partial charge is 0.163 e. The molecule has 2 rings (SSSR count). The molecule has 0 bridgehead atoms. The van der Waals surface area contributed by atoms with Gasteiger partial charge in [0.1, 0.15) is 11.0 Å². The Bertz CT molecular complexity index is 424. The normalized spacial score (nSPS) is 9.56. The summed E-state index contributed by atoms with van der Waals surface area (Å²) in [5.41, 5.74) is 1.59. The van der Waals surface area contributed by atoms with Crippen molar-refractivity contribution in [3.05, 3.63) is 12.1 Å². The van der Waals surface area contributed by atoms with Gasteiger partial charge in [-0.2, -0.15) is 15.0 Å². The Morgan fingerprint density at radius 2 is 1.31 bits per heavy atom. The van der Waals surface area contributed by atoms with Gasteiger partial charge in [0.25, 0.3) is 0 Å². The first-order valence-electron chi connectivity index (χ1n) is 5.17. The molecular formula is C11H17N3O2. The highest BCUT2D eigenvalue weighted by atomic mass is 16.5.